The number of aliphatic hydroxyl groups excluding tert-OH is 1. The molecule has 0 saturated carbocycles. The fraction of sp³-hybridized carbons (Fsp3) is 1.00. The quantitative estimate of drug-likeness (QED) is 0.601. The van der Waals surface area contributed by atoms with Crippen LogP contribution in [0.5, 0.6) is 0 Å². The molecule has 2 atom stereocenters. The Labute approximate surface area is 67.5 Å². The third-order valence-corrected chi connectivity index (χ3v) is 2.11. The van der Waals surface area contributed by atoms with E-state index in [4.69, 9.17) is 10.5 Å². The Kier molecular flexibility index (Phi) is 2.52. The average molecular weight is 159 g/mol. The lowest BCUT2D eigenvalue weighted by atomic mass is 9.89. The third kappa shape index (κ3) is 2.15. The molecule has 1 aliphatic heterocycles. The van der Waals surface area contributed by atoms with Crippen molar-refractivity contribution >= 4 is 0 Å². The predicted octanol–water partition coefficient (Wildman–Crippen LogP) is 0.121. The lowest BCUT2D eigenvalue weighted by Gasteiger charge is -2.16. The molecule has 1 heterocycles. The van der Waals surface area contributed by atoms with E-state index in [2.05, 4.69) is 13.8 Å². The monoisotopic (exact) mass is 159 g/mol. The van der Waals surface area contributed by atoms with Crippen LogP contribution in [0.25, 0.3) is 0 Å². The predicted molar refractivity (Wildman–Crippen MR) is 43.2 cm³/mol. The van der Waals surface area contributed by atoms with Crippen LogP contribution in [-0.2, 0) is 4.74 Å². The molecule has 0 aromatic rings. The van der Waals surface area contributed by atoms with Crippen molar-refractivity contribution in [3.05, 3.63) is 0 Å². The van der Waals surface area contributed by atoms with Gasteiger partial charge in [-0.1, -0.05) is 13.8 Å². The molecule has 3 N–H and O–H groups in total. The van der Waals surface area contributed by atoms with E-state index in [0.717, 1.165) is 13.0 Å². The first-order valence-corrected chi connectivity index (χ1v) is 4.05. The summed E-state index contributed by atoms with van der Waals surface area (Å²) >= 11 is 0. The minimum Gasteiger partial charge on any atom is -0.389 e. The standard InChI is InChI=1S/C8H17NO2/c1-8(2)3-7(11-5-8)6(10)4-9/h6-7,10H,3-5,9H2,1-2H3/t6-,7+/m0/s1. The molecule has 66 valence electrons. The molecule has 1 aliphatic rings. The summed E-state index contributed by atoms with van der Waals surface area (Å²) in [6.07, 6.45) is 0.373. The molecule has 1 fully saturated rings. The fourth-order valence-corrected chi connectivity index (χ4v) is 1.39. The first-order chi connectivity index (χ1) is 5.05. The molecular formula is C8H17NO2. The molecule has 0 aromatic carbocycles. The number of rotatable bonds is 2. The van der Waals surface area contributed by atoms with Crippen molar-refractivity contribution in [1.29, 1.82) is 0 Å². The van der Waals surface area contributed by atoms with Crippen molar-refractivity contribution in [2.24, 2.45) is 11.1 Å². The number of hydrogen-bond donors (Lipinski definition) is 2. The number of aliphatic hydroxyl groups is 1. The van der Waals surface area contributed by atoms with E-state index in [-0.39, 0.29) is 11.5 Å². The van der Waals surface area contributed by atoms with Gasteiger partial charge in [0.25, 0.3) is 0 Å². The van der Waals surface area contributed by atoms with Gasteiger partial charge in [-0.3, -0.25) is 0 Å². The Morgan fingerprint density at radius 1 is 1.73 bits per heavy atom. The number of ether oxygens (including phenoxy) is 1. The minimum absolute atomic E-state index is 0.0463. The van der Waals surface area contributed by atoms with Gasteiger partial charge in [0, 0.05) is 6.54 Å². The van der Waals surface area contributed by atoms with Gasteiger partial charge in [-0.2, -0.15) is 0 Å². The summed E-state index contributed by atoms with van der Waals surface area (Å²) < 4.78 is 5.39. The van der Waals surface area contributed by atoms with Gasteiger partial charge < -0.3 is 15.6 Å². The van der Waals surface area contributed by atoms with Gasteiger partial charge in [-0.05, 0) is 11.8 Å². The van der Waals surface area contributed by atoms with Gasteiger partial charge >= 0.3 is 0 Å². The molecule has 0 aliphatic carbocycles. The highest BCUT2D eigenvalue weighted by Gasteiger charge is 2.35. The van der Waals surface area contributed by atoms with Crippen molar-refractivity contribution in [3.63, 3.8) is 0 Å². The zero-order valence-electron chi connectivity index (χ0n) is 7.21. The Balaban J connectivity index is 2.41. The Morgan fingerprint density at radius 2 is 2.36 bits per heavy atom. The lowest BCUT2D eigenvalue weighted by molar-refractivity contribution is 0.00210. The molecule has 0 aromatic heterocycles. The molecule has 1 rings (SSSR count). The van der Waals surface area contributed by atoms with Crippen molar-refractivity contribution in [2.45, 2.75) is 32.5 Å². The zero-order chi connectivity index (χ0) is 8.48. The van der Waals surface area contributed by atoms with Gasteiger partial charge in [0.2, 0.25) is 0 Å². The smallest absolute Gasteiger partial charge is 0.0923 e. The highest BCUT2D eigenvalue weighted by atomic mass is 16.5. The first kappa shape index (κ1) is 8.97. The maximum absolute atomic E-state index is 9.34. The molecule has 0 spiro atoms. The van der Waals surface area contributed by atoms with Crippen molar-refractivity contribution in [3.8, 4) is 0 Å². The third-order valence-electron chi connectivity index (χ3n) is 2.11. The van der Waals surface area contributed by atoms with Crippen LogP contribution in [0.15, 0.2) is 0 Å². The zero-order valence-corrected chi connectivity index (χ0v) is 7.21. The van der Waals surface area contributed by atoms with Crippen LogP contribution in [0.1, 0.15) is 20.3 Å². The van der Waals surface area contributed by atoms with Gasteiger partial charge in [0.15, 0.2) is 0 Å². The SMILES string of the molecule is CC1(C)CO[C@@H]([C@@H](O)CN)C1. The van der Waals surface area contributed by atoms with Crippen molar-refractivity contribution in [1.82, 2.24) is 0 Å². The van der Waals surface area contributed by atoms with E-state index < -0.39 is 6.10 Å². The Hall–Kier alpha value is -0.120. The van der Waals surface area contributed by atoms with E-state index >= 15 is 0 Å². The lowest BCUT2D eigenvalue weighted by Crippen LogP contribution is -2.33. The van der Waals surface area contributed by atoms with E-state index in [1.54, 1.807) is 0 Å². The summed E-state index contributed by atoms with van der Waals surface area (Å²) in [5.74, 6) is 0. The maximum atomic E-state index is 9.34. The second kappa shape index (κ2) is 3.09. The highest BCUT2D eigenvalue weighted by Crippen LogP contribution is 2.32. The molecule has 0 radical (unpaired) electrons. The Bertz CT molecular complexity index is 136. The molecular weight excluding hydrogens is 142 g/mol. The van der Waals surface area contributed by atoms with Gasteiger partial charge in [0.1, 0.15) is 0 Å². The van der Waals surface area contributed by atoms with E-state index in [9.17, 15) is 5.11 Å². The summed E-state index contributed by atoms with van der Waals surface area (Å²) in [4.78, 5) is 0. The highest BCUT2D eigenvalue weighted by molar-refractivity contribution is 4.84. The first-order valence-electron chi connectivity index (χ1n) is 4.05. The van der Waals surface area contributed by atoms with Crippen LogP contribution in [0.4, 0.5) is 0 Å². The second-order valence-electron chi connectivity index (χ2n) is 4.02. The molecule has 0 amide bonds. The van der Waals surface area contributed by atoms with E-state index in [1.165, 1.54) is 0 Å². The van der Waals surface area contributed by atoms with Crippen LogP contribution < -0.4 is 5.73 Å². The van der Waals surface area contributed by atoms with Crippen LogP contribution in [0.3, 0.4) is 0 Å². The van der Waals surface area contributed by atoms with Crippen molar-refractivity contribution in [2.75, 3.05) is 13.2 Å². The van der Waals surface area contributed by atoms with Crippen LogP contribution >= 0.6 is 0 Å². The number of nitrogens with two attached hydrogens (primary N) is 1. The van der Waals surface area contributed by atoms with Crippen LogP contribution in [-0.4, -0.2) is 30.5 Å². The molecule has 0 unspecified atom stereocenters. The topological polar surface area (TPSA) is 55.5 Å². The average Bonchev–Trinajstić information content (AvgIpc) is 2.29. The summed E-state index contributed by atoms with van der Waals surface area (Å²) in [5.41, 5.74) is 5.52. The minimum atomic E-state index is -0.489. The van der Waals surface area contributed by atoms with Gasteiger partial charge in [0.05, 0.1) is 18.8 Å². The normalized spacial score (nSPS) is 32.2. The van der Waals surface area contributed by atoms with Crippen LogP contribution in [0, 0.1) is 5.41 Å². The Morgan fingerprint density at radius 3 is 2.73 bits per heavy atom. The van der Waals surface area contributed by atoms with Gasteiger partial charge in [-0.15, -0.1) is 0 Å². The largest absolute Gasteiger partial charge is 0.389 e. The van der Waals surface area contributed by atoms with Gasteiger partial charge in [-0.25, -0.2) is 0 Å². The van der Waals surface area contributed by atoms with Crippen LogP contribution in [0.2, 0.25) is 0 Å². The van der Waals surface area contributed by atoms with E-state index in [0.29, 0.717) is 6.54 Å². The molecule has 11 heavy (non-hydrogen) atoms. The summed E-state index contributed by atoms with van der Waals surface area (Å²) in [7, 11) is 0. The number of hydrogen-bond acceptors (Lipinski definition) is 3. The summed E-state index contributed by atoms with van der Waals surface area (Å²) in [6, 6.07) is 0. The molecule has 1 saturated heterocycles. The summed E-state index contributed by atoms with van der Waals surface area (Å²) in [5, 5.41) is 9.34. The molecule has 3 nitrogen and oxygen atoms in total. The molecule has 0 bridgehead atoms. The maximum Gasteiger partial charge on any atom is 0.0923 e. The van der Waals surface area contributed by atoms with Crippen molar-refractivity contribution < 1.29 is 9.84 Å². The second-order valence-corrected chi connectivity index (χ2v) is 4.02. The fourth-order valence-electron chi connectivity index (χ4n) is 1.39. The van der Waals surface area contributed by atoms with E-state index in [1.807, 2.05) is 0 Å². The summed E-state index contributed by atoms with van der Waals surface area (Å²) in [6.45, 7) is 5.29. The molecule has 3 heteroatoms.